The van der Waals surface area contributed by atoms with Gasteiger partial charge in [-0.05, 0) is 31.9 Å². The number of alkyl carbamates (subject to hydrolysis) is 1. The minimum Gasteiger partial charge on any atom is -0.450 e. The summed E-state index contributed by atoms with van der Waals surface area (Å²) in [7, 11) is 0. The van der Waals surface area contributed by atoms with Crippen LogP contribution in [0.15, 0.2) is 24.3 Å². The lowest BCUT2D eigenvalue weighted by molar-refractivity contribution is -0.137. The first-order chi connectivity index (χ1) is 8.82. The summed E-state index contributed by atoms with van der Waals surface area (Å²) in [4.78, 5) is 11.2. The Morgan fingerprint density at radius 1 is 1.42 bits per heavy atom. The van der Waals surface area contributed by atoms with Crippen LogP contribution in [0.3, 0.4) is 0 Å². The van der Waals surface area contributed by atoms with Crippen LogP contribution >= 0.6 is 0 Å². The van der Waals surface area contributed by atoms with E-state index >= 15 is 0 Å². The Balaban J connectivity index is 2.64. The van der Waals surface area contributed by atoms with Crippen LogP contribution in [0.5, 0.6) is 0 Å². The van der Waals surface area contributed by atoms with Gasteiger partial charge < -0.3 is 10.1 Å². The maximum atomic E-state index is 12.5. The molecule has 0 spiro atoms. The molecule has 0 radical (unpaired) electrons. The van der Waals surface area contributed by atoms with Gasteiger partial charge in [-0.25, -0.2) is 4.79 Å². The van der Waals surface area contributed by atoms with Gasteiger partial charge >= 0.3 is 12.3 Å². The molecule has 3 nitrogen and oxygen atoms in total. The molecule has 1 aromatic carbocycles. The number of ether oxygens (including phenoxy) is 1. The maximum absolute atomic E-state index is 12.5. The number of halogens is 3. The highest BCUT2D eigenvalue weighted by atomic mass is 19.4. The van der Waals surface area contributed by atoms with Crippen LogP contribution in [0.25, 0.3) is 0 Å². The topological polar surface area (TPSA) is 38.3 Å². The Labute approximate surface area is 109 Å². The fraction of sp³-hybridized carbons (Fsp3) is 0.462. The molecule has 0 saturated carbocycles. The van der Waals surface area contributed by atoms with E-state index in [-0.39, 0.29) is 12.6 Å². The van der Waals surface area contributed by atoms with Crippen molar-refractivity contribution in [2.45, 2.75) is 32.5 Å². The van der Waals surface area contributed by atoms with Crippen LogP contribution in [0.1, 0.15) is 25.0 Å². The molecule has 0 bridgehead atoms. The van der Waals surface area contributed by atoms with Crippen molar-refractivity contribution >= 4 is 6.09 Å². The average Bonchev–Trinajstić information content (AvgIpc) is 2.28. The summed E-state index contributed by atoms with van der Waals surface area (Å²) in [6, 6.07) is 4.76. The highest BCUT2D eigenvalue weighted by Crippen LogP contribution is 2.29. The highest BCUT2D eigenvalue weighted by molar-refractivity contribution is 5.67. The summed E-state index contributed by atoms with van der Waals surface area (Å²) in [6.45, 7) is 3.64. The number of hydrogen-bond donors (Lipinski definition) is 1. The van der Waals surface area contributed by atoms with Crippen LogP contribution in [-0.2, 0) is 17.3 Å². The van der Waals surface area contributed by atoms with Crippen molar-refractivity contribution in [2.24, 2.45) is 0 Å². The van der Waals surface area contributed by atoms with Crippen LogP contribution in [-0.4, -0.2) is 18.7 Å². The standard InChI is InChI=1S/C13H16F3NO2/c1-3-19-12(18)17-9(2)7-10-5-4-6-11(8-10)13(14,15)16/h4-6,8-9H,3,7H2,1-2H3,(H,17,18). The minimum absolute atomic E-state index is 0.252. The second-order valence-corrected chi connectivity index (χ2v) is 4.17. The molecule has 0 fully saturated rings. The second kappa shape index (κ2) is 6.45. The quantitative estimate of drug-likeness (QED) is 0.914. The average molecular weight is 275 g/mol. The van der Waals surface area contributed by atoms with Crippen molar-refractivity contribution in [2.75, 3.05) is 6.61 Å². The summed E-state index contributed by atoms with van der Waals surface area (Å²) in [5.41, 5.74) is -0.174. The normalized spacial score (nSPS) is 12.9. The first kappa shape index (κ1) is 15.3. The number of amides is 1. The molecule has 0 aliphatic rings. The summed E-state index contributed by atoms with van der Waals surface area (Å²) in [6.07, 6.45) is -4.61. The minimum atomic E-state index is -4.35. The Bertz CT molecular complexity index is 432. The number of rotatable bonds is 4. The van der Waals surface area contributed by atoms with Gasteiger partial charge in [0.05, 0.1) is 12.2 Å². The molecule has 1 N–H and O–H groups in total. The molecule has 1 atom stereocenters. The van der Waals surface area contributed by atoms with Gasteiger partial charge in [-0.3, -0.25) is 0 Å². The number of nitrogens with one attached hydrogen (secondary N) is 1. The van der Waals surface area contributed by atoms with E-state index in [4.69, 9.17) is 4.74 Å². The molecule has 0 heterocycles. The third-order valence-electron chi connectivity index (χ3n) is 2.44. The lowest BCUT2D eigenvalue weighted by Gasteiger charge is -2.14. The molecule has 1 amide bonds. The fourth-order valence-electron chi connectivity index (χ4n) is 1.65. The van der Waals surface area contributed by atoms with Crippen LogP contribution < -0.4 is 5.32 Å². The largest absolute Gasteiger partial charge is 0.450 e. The smallest absolute Gasteiger partial charge is 0.416 e. The molecule has 1 rings (SSSR count). The van der Waals surface area contributed by atoms with Gasteiger partial charge in [0.2, 0.25) is 0 Å². The van der Waals surface area contributed by atoms with E-state index in [0.29, 0.717) is 12.0 Å². The number of hydrogen-bond acceptors (Lipinski definition) is 2. The SMILES string of the molecule is CCOC(=O)NC(C)Cc1cccc(C(F)(F)F)c1. The number of carbonyl (C=O) groups is 1. The van der Waals surface area contributed by atoms with Crippen molar-refractivity contribution in [3.05, 3.63) is 35.4 Å². The molecule has 6 heteroatoms. The predicted octanol–water partition coefficient (Wildman–Crippen LogP) is 3.38. The summed E-state index contributed by atoms with van der Waals surface area (Å²) in [5, 5.41) is 2.55. The Kier molecular flexibility index (Phi) is 5.20. The Morgan fingerprint density at radius 3 is 2.68 bits per heavy atom. The van der Waals surface area contributed by atoms with E-state index in [1.807, 2.05) is 0 Å². The monoisotopic (exact) mass is 275 g/mol. The zero-order chi connectivity index (χ0) is 14.5. The van der Waals surface area contributed by atoms with Gasteiger partial charge in [-0.15, -0.1) is 0 Å². The van der Waals surface area contributed by atoms with Crippen molar-refractivity contribution in [3.63, 3.8) is 0 Å². The van der Waals surface area contributed by atoms with Gasteiger partial charge in [0.1, 0.15) is 0 Å². The molecule has 19 heavy (non-hydrogen) atoms. The molecule has 0 aliphatic carbocycles. The van der Waals surface area contributed by atoms with E-state index in [0.717, 1.165) is 12.1 Å². The van der Waals surface area contributed by atoms with Crippen molar-refractivity contribution in [1.82, 2.24) is 5.32 Å². The van der Waals surface area contributed by atoms with Crippen LogP contribution in [0.2, 0.25) is 0 Å². The fourth-order valence-corrected chi connectivity index (χ4v) is 1.65. The van der Waals surface area contributed by atoms with Crippen molar-refractivity contribution < 1.29 is 22.7 Å². The van der Waals surface area contributed by atoms with Crippen LogP contribution in [0.4, 0.5) is 18.0 Å². The first-order valence-corrected chi connectivity index (χ1v) is 5.92. The highest BCUT2D eigenvalue weighted by Gasteiger charge is 2.30. The van der Waals surface area contributed by atoms with Crippen molar-refractivity contribution in [1.29, 1.82) is 0 Å². The van der Waals surface area contributed by atoms with Gasteiger partial charge in [-0.1, -0.05) is 18.2 Å². The van der Waals surface area contributed by atoms with E-state index in [1.165, 1.54) is 6.07 Å². The maximum Gasteiger partial charge on any atom is 0.416 e. The molecule has 106 valence electrons. The lowest BCUT2D eigenvalue weighted by Crippen LogP contribution is -2.34. The molecular formula is C13H16F3NO2. The van der Waals surface area contributed by atoms with E-state index in [1.54, 1.807) is 19.9 Å². The summed E-state index contributed by atoms with van der Waals surface area (Å²) in [5.74, 6) is 0. The molecule has 0 aromatic heterocycles. The van der Waals surface area contributed by atoms with E-state index in [9.17, 15) is 18.0 Å². The van der Waals surface area contributed by atoms with Gasteiger partial charge in [0.25, 0.3) is 0 Å². The summed E-state index contributed by atoms with van der Waals surface area (Å²) < 4.78 is 42.3. The molecule has 0 aliphatic heterocycles. The van der Waals surface area contributed by atoms with E-state index < -0.39 is 17.8 Å². The Morgan fingerprint density at radius 2 is 2.11 bits per heavy atom. The number of carbonyl (C=O) groups excluding carboxylic acids is 1. The number of alkyl halides is 3. The lowest BCUT2D eigenvalue weighted by atomic mass is 10.0. The van der Waals surface area contributed by atoms with Gasteiger partial charge in [0.15, 0.2) is 0 Å². The number of benzene rings is 1. The molecule has 1 unspecified atom stereocenters. The zero-order valence-corrected chi connectivity index (χ0v) is 10.8. The predicted molar refractivity (Wildman–Crippen MR) is 64.8 cm³/mol. The van der Waals surface area contributed by atoms with Crippen LogP contribution in [0, 0.1) is 0 Å². The Hall–Kier alpha value is -1.72. The van der Waals surface area contributed by atoms with Crippen molar-refractivity contribution in [3.8, 4) is 0 Å². The molecule has 1 aromatic rings. The zero-order valence-electron chi connectivity index (χ0n) is 10.8. The third-order valence-corrected chi connectivity index (χ3v) is 2.44. The first-order valence-electron chi connectivity index (χ1n) is 5.92. The second-order valence-electron chi connectivity index (χ2n) is 4.17. The van der Waals surface area contributed by atoms with Gasteiger partial charge in [-0.2, -0.15) is 13.2 Å². The third kappa shape index (κ3) is 5.19. The summed E-state index contributed by atoms with van der Waals surface area (Å²) >= 11 is 0. The van der Waals surface area contributed by atoms with E-state index in [2.05, 4.69) is 5.32 Å². The molecular weight excluding hydrogens is 259 g/mol. The van der Waals surface area contributed by atoms with Gasteiger partial charge in [0, 0.05) is 6.04 Å². The molecule has 0 saturated heterocycles.